The Morgan fingerprint density at radius 3 is 2.44 bits per heavy atom. The maximum absolute atomic E-state index is 15.5. The van der Waals surface area contributed by atoms with Gasteiger partial charge in [0.1, 0.15) is 6.54 Å². The van der Waals surface area contributed by atoms with Crippen molar-refractivity contribution in [1.29, 1.82) is 0 Å². The Hall–Kier alpha value is -7.22. The second-order valence-electron chi connectivity index (χ2n) is 19.2. The monoisotopic (exact) mass is 970 g/mol. The summed E-state index contributed by atoms with van der Waals surface area (Å²) >= 11 is 0. The van der Waals surface area contributed by atoms with Gasteiger partial charge in [-0.1, -0.05) is 12.1 Å². The van der Waals surface area contributed by atoms with E-state index in [0.717, 1.165) is 52.8 Å². The van der Waals surface area contributed by atoms with Crippen LogP contribution in [0.15, 0.2) is 55.0 Å². The van der Waals surface area contributed by atoms with E-state index < -0.39 is 12.3 Å². The fourth-order valence-corrected chi connectivity index (χ4v) is 11.4. The van der Waals surface area contributed by atoms with Gasteiger partial charge in [-0.15, -0.1) is 0 Å². The zero-order chi connectivity index (χ0) is 49.1. The number of anilines is 3. The number of ether oxygens (including phenoxy) is 1. The van der Waals surface area contributed by atoms with Gasteiger partial charge in [-0.2, -0.15) is 10.2 Å². The van der Waals surface area contributed by atoms with Gasteiger partial charge in [-0.3, -0.25) is 43.6 Å². The summed E-state index contributed by atoms with van der Waals surface area (Å²) in [5.74, 6) is -0.807. The number of carbonyl (C=O) groups excluding carboxylic acids is 5. The largest absolute Gasteiger partial charge is 0.381 e. The van der Waals surface area contributed by atoms with Crippen LogP contribution in [0.3, 0.4) is 0 Å². The van der Waals surface area contributed by atoms with E-state index in [0.29, 0.717) is 117 Å². The molecule has 2 N–H and O–H groups in total. The van der Waals surface area contributed by atoms with Crippen LogP contribution >= 0.6 is 0 Å². The fraction of sp³-hybridized carbons (Fsp3) is 0.451. The number of carbonyl (C=O) groups is 5. The Morgan fingerprint density at radius 2 is 1.68 bits per heavy atom. The van der Waals surface area contributed by atoms with Crippen LogP contribution < -0.4 is 15.5 Å². The summed E-state index contributed by atoms with van der Waals surface area (Å²) in [6.45, 7) is 5.76. The quantitative estimate of drug-likeness (QED) is 0.168. The highest BCUT2D eigenvalue weighted by Gasteiger charge is 2.36. The van der Waals surface area contributed by atoms with Crippen LogP contribution in [0, 0.1) is 0 Å². The molecule has 1 unspecified atom stereocenters. The first-order valence-electron chi connectivity index (χ1n) is 24.6. The van der Waals surface area contributed by atoms with E-state index in [1.165, 1.54) is 0 Å². The van der Waals surface area contributed by atoms with Crippen molar-refractivity contribution in [2.24, 2.45) is 7.05 Å². The molecule has 5 aliphatic heterocycles. The number of aryl methyl sites for hydroxylation is 2. The Morgan fingerprint density at radius 1 is 0.887 bits per heavy atom. The second-order valence-corrected chi connectivity index (χ2v) is 19.2. The number of amides is 5. The van der Waals surface area contributed by atoms with Crippen LogP contribution in [-0.2, 0) is 61.7 Å². The summed E-state index contributed by atoms with van der Waals surface area (Å²) in [6, 6.07) is 11.0. The maximum atomic E-state index is 15.5. The molecule has 0 radical (unpaired) electrons. The third-order valence-electron chi connectivity index (χ3n) is 15.1. The molecule has 5 amide bonds. The maximum Gasteiger partial charge on any atom is 0.264 e. The summed E-state index contributed by atoms with van der Waals surface area (Å²) in [4.78, 5) is 76.4. The minimum Gasteiger partial charge on any atom is -0.381 e. The molecule has 20 heteroatoms. The molecule has 3 fully saturated rings. The number of piperidine rings is 1. The van der Waals surface area contributed by atoms with Crippen LogP contribution in [0.1, 0.15) is 85.5 Å². The van der Waals surface area contributed by atoms with Gasteiger partial charge in [0, 0.05) is 137 Å². The number of aromatic nitrogens is 6. The zero-order valence-corrected chi connectivity index (χ0v) is 39.8. The minimum atomic E-state index is -2.81. The highest BCUT2D eigenvalue weighted by atomic mass is 19.3. The van der Waals surface area contributed by atoms with Gasteiger partial charge in [0.2, 0.25) is 29.5 Å². The van der Waals surface area contributed by atoms with E-state index in [1.54, 1.807) is 63.7 Å². The van der Waals surface area contributed by atoms with Crippen LogP contribution in [-0.4, -0.2) is 132 Å². The van der Waals surface area contributed by atoms with Crippen molar-refractivity contribution in [1.82, 2.24) is 49.1 Å². The Labute approximate surface area is 407 Å². The van der Waals surface area contributed by atoms with Gasteiger partial charge in [0.15, 0.2) is 5.82 Å². The standard InChI is InChI=1S/C51H56F2N12O6/c1-30(66)62-16-11-42-39(28-62)50(58-65(42)32-12-21-71-22-13-32)64-15-4-5-31-23-35(36(49(52)53)24-43(31)64)38-27-63(41-10-14-54-25-37(38)41)29-46(69)61-19-17-60(18-20-61)45(68)26-55-40-7-3-6-33-47(57-59(2)48(33)40)34-8-9-44(67)56-51(34)70/h3,6-7,10,14,23-25,27,32,34,49,55H,4-5,8-9,11-13,15-22,26,28-29H2,1-2H3,(H,56,67,70). The molecule has 370 valence electrons. The Bertz CT molecular complexity index is 3110. The lowest BCUT2D eigenvalue weighted by atomic mass is 9.91. The molecule has 0 aliphatic carbocycles. The predicted octanol–water partition coefficient (Wildman–Crippen LogP) is 5.37. The van der Waals surface area contributed by atoms with Crippen molar-refractivity contribution in [3.8, 4) is 11.1 Å². The van der Waals surface area contributed by atoms with Crippen molar-refractivity contribution >= 4 is 68.5 Å². The summed E-state index contributed by atoms with van der Waals surface area (Å²) in [6.07, 6.45) is 6.65. The molecule has 11 rings (SSSR count). The molecule has 6 aromatic rings. The summed E-state index contributed by atoms with van der Waals surface area (Å²) in [5.41, 5.74) is 7.19. The number of benzene rings is 2. The number of nitrogens with one attached hydrogen (secondary N) is 2. The number of alkyl halides is 2. The number of nitrogens with zero attached hydrogens (tertiary/aromatic N) is 10. The molecule has 0 saturated carbocycles. The second kappa shape index (κ2) is 18.8. The molecule has 2 aromatic carbocycles. The first kappa shape index (κ1) is 46.2. The van der Waals surface area contributed by atoms with E-state index in [-0.39, 0.29) is 60.7 Å². The van der Waals surface area contributed by atoms with Gasteiger partial charge in [-0.05, 0) is 67.5 Å². The van der Waals surface area contributed by atoms with Gasteiger partial charge in [0.05, 0.1) is 47.5 Å². The molecule has 71 heavy (non-hydrogen) atoms. The van der Waals surface area contributed by atoms with E-state index in [2.05, 4.69) is 30.3 Å². The van der Waals surface area contributed by atoms with Crippen LogP contribution in [0.25, 0.3) is 32.9 Å². The van der Waals surface area contributed by atoms with E-state index >= 15 is 8.78 Å². The number of para-hydroxylation sites is 1. The molecule has 18 nitrogen and oxygen atoms in total. The number of pyridine rings is 1. The molecular weight excluding hydrogens is 915 g/mol. The van der Waals surface area contributed by atoms with Crippen molar-refractivity contribution < 1.29 is 37.5 Å². The minimum absolute atomic E-state index is 0.00231. The lowest BCUT2D eigenvalue weighted by Gasteiger charge is -2.35. The lowest BCUT2D eigenvalue weighted by molar-refractivity contribution is -0.138. The molecule has 5 aliphatic rings. The molecule has 3 saturated heterocycles. The van der Waals surface area contributed by atoms with Gasteiger partial charge in [-0.25, -0.2) is 8.78 Å². The third-order valence-corrected chi connectivity index (χ3v) is 15.1. The fourth-order valence-electron chi connectivity index (χ4n) is 11.4. The highest BCUT2D eigenvalue weighted by molar-refractivity contribution is 6.04. The number of piperazine rings is 1. The SMILES string of the molecule is CC(=O)N1CCc2c(c(N3CCCc4cc(-c5cn(CC(=O)N6CCN(C(=O)CNc7cccc8c(C9CCC(=O)NC9=O)nn(C)c78)CC6)c6ccncc56)c(C(F)F)cc43)nn2C2CCOCC2)C1. The Kier molecular flexibility index (Phi) is 12.3. The molecule has 0 bridgehead atoms. The number of imide groups is 1. The van der Waals surface area contributed by atoms with Crippen LogP contribution in [0.4, 0.5) is 26.0 Å². The van der Waals surface area contributed by atoms with Crippen molar-refractivity contribution in [3.63, 3.8) is 0 Å². The molecule has 9 heterocycles. The molecule has 4 aromatic heterocycles. The lowest BCUT2D eigenvalue weighted by Crippen LogP contribution is -2.52. The number of rotatable bonds is 10. The average molecular weight is 971 g/mol. The van der Waals surface area contributed by atoms with Crippen LogP contribution in [0.5, 0.6) is 0 Å². The third kappa shape index (κ3) is 8.54. The highest BCUT2D eigenvalue weighted by Crippen LogP contribution is 2.45. The summed E-state index contributed by atoms with van der Waals surface area (Å²) in [7, 11) is 1.78. The van der Waals surface area contributed by atoms with Gasteiger partial charge < -0.3 is 34.2 Å². The average Bonchev–Trinajstić information content (AvgIpc) is 4.06. The normalized spacial score (nSPS) is 18.9. The van der Waals surface area contributed by atoms with Crippen LogP contribution in [0.2, 0.25) is 0 Å². The van der Waals surface area contributed by atoms with Gasteiger partial charge >= 0.3 is 0 Å². The van der Waals surface area contributed by atoms with Crippen molar-refractivity contribution in [2.45, 2.75) is 83.3 Å². The molecule has 1 atom stereocenters. The number of hydrogen-bond donors (Lipinski definition) is 2. The Balaban J connectivity index is 0.797. The number of halogens is 2. The molecular formula is C51H56F2N12O6. The van der Waals surface area contributed by atoms with E-state index in [1.807, 2.05) is 29.2 Å². The topological polar surface area (TPSA) is 185 Å². The number of hydrogen-bond acceptors (Lipinski definition) is 11. The smallest absolute Gasteiger partial charge is 0.264 e. The first-order valence-corrected chi connectivity index (χ1v) is 24.6. The molecule has 0 spiro atoms. The first-order chi connectivity index (χ1) is 34.4. The van der Waals surface area contributed by atoms with Gasteiger partial charge in [0.25, 0.3) is 6.43 Å². The van der Waals surface area contributed by atoms with Crippen molar-refractivity contribution in [3.05, 3.63) is 83.1 Å². The van der Waals surface area contributed by atoms with E-state index in [4.69, 9.17) is 9.84 Å². The van der Waals surface area contributed by atoms with Crippen molar-refractivity contribution in [2.75, 3.05) is 69.2 Å². The zero-order valence-electron chi connectivity index (χ0n) is 39.8. The van der Waals surface area contributed by atoms with E-state index in [9.17, 15) is 24.0 Å². The number of fused-ring (bicyclic) bond motifs is 4. The summed E-state index contributed by atoms with van der Waals surface area (Å²) in [5, 5.41) is 17.0. The summed E-state index contributed by atoms with van der Waals surface area (Å²) < 4.78 is 42.3. The predicted molar refractivity (Wildman–Crippen MR) is 259 cm³/mol.